The lowest BCUT2D eigenvalue weighted by atomic mass is 9.95. The molecule has 1 saturated heterocycles. The van der Waals surface area contributed by atoms with Crippen molar-refractivity contribution >= 4 is 27.5 Å². The molecule has 8 nitrogen and oxygen atoms in total. The van der Waals surface area contributed by atoms with Gasteiger partial charge in [-0.25, -0.2) is 8.42 Å². The first kappa shape index (κ1) is 21.0. The van der Waals surface area contributed by atoms with Crippen LogP contribution in [0.2, 0.25) is 0 Å². The highest BCUT2D eigenvalue weighted by Crippen LogP contribution is 2.27. The number of hydrogen-bond donors (Lipinski definition) is 1. The molecule has 0 aliphatic carbocycles. The number of benzene rings is 1. The minimum Gasteiger partial charge on any atom is -0.497 e. The predicted octanol–water partition coefficient (Wildman–Crippen LogP) is 0.964. The van der Waals surface area contributed by atoms with Crippen molar-refractivity contribution in [3.05, 3.63) is 24.3 Å². The summed E-state index contributed by atoms with van der Waals surface area (Å²) in [5, 5.41) is 0. The summed E-state index contributed by atoms with van der Waals surface area (Å²) in [7, 11) is -2.16. The van der Waals surface area contributed by atoms with Gasteiger partial charge in [0.15, 0.2) is 0 Å². The number of anilines is 1. The smallest absolute Gasteiger partial charge is 0.246 e. The Hall–Kier alpha value is -2.29. The Kier molecular flexibility index (Phi) is 6.69. The average molecular weight is 397 g/mol. The van der Waals surface area contributed by atoms with Gasteiger partial charge in [-0.2, -0.15) is 0 Å². The Morgan fingerprint density at radius 3 is 2.22 bits per heavy atom. The topological polar surface area (TPSA) is 110 Å². The van der Waals surface area contributed by atoms with Gasteiger partial charge in [-0.1, -0.05) is 6.92 Å². The molecule has 27 heavy (non-hydrogen) atoms. The summed E-state index contributed by atoms with van der Waals surface area (Å²) in [6, 6.07) is 5.70. The van der Waals surface area contributed by atoms with Crippen molar-refractivity contribution in [3.8, 4) is 5.75 Å². The van der Waals surface area contributed by atoms with E-state index in [1.54, 1.807) is 36.1 Å². The molecule has 1 heterocycles. The van der Waals surface area contributed by atoms with Crippen LogP contribution < -0.4 is 14.8 Å². The van der Waals surface area contributed by atoms with E-state index in [9.17, 15) is 18.0 Å². The Labute approximate surface area is 160 Å². The van der Waals surface area contributed by atoms with E-state index in [1.807, 2.05) is 0 Å². The summed E-state index contributed by atoms with van der Waals surface area (Å²) in [6.45, 7) is 2.56. The molecule has 1 unspecified atom stereocenters. The molecule has 0 saturated carbocycles. The van der Waals surface area contributed by atoms with Gasteiger partial charge in [-0.15, -0.1) is 0 Å². The fourth-order valence-electron chi connectivity index (χ4n) is 3.37. The molecule has 0 spiro atoms. The van der Waals surface area contributed by atoms with Crippen LogP contribution in [-0.2, 0) is 19.6 Å². The Morgan fingerprint density at radius 1 is 1.26 bits per heavy atom. The van der Waals surface area contributed by atoms with Gasteiger partial charge in [0.1, 0.15) is 11.8 Å². The van der Waals surface area contributed by atoms with Crippen molar-refractivity contribution in [3.63, 3.8) is 0 Å². The summed E-state index contributed by atoms with van der Waals surface area (Å²) in [5.41, 5.74) is 5.75. The number of primary amides is 1. The van der Waals surface area contributed by atoms with Gasteiger partial charge in [0.25, 0.3) is 0 Å². The second kappa shape index (κ2) is 8.60. The molecular weight excluding hydrogens is 370 g/mol. The van der Waals surface area contributed by atoms with Crippen molar-refractivity contribution < 1.29 is 22.7 Å². The molecule has 1 aliphatic heterocycles. The number of likely N-dealkylation sites (tertiary alicyclic amines) is 1. The van der Waals surface area contributed by atoms with Gasteiger partial charge in [0.2, 0.25) is 21.8 Å². The molecule has 2 rings (SSSR count). The molecule has 1 aromatic carbocycles. The molecular formula is C18H27N3O5S. The molecule has 1 fully saturated rings. The maximum absolute atomic E-state index is 13.1. The van der Waals surface area contributed by atoms with Gasteiger partial charge < -0.3 is 15.4 Å². The minimum atomic E-state index is -3.69. The fourth-order valence-corrected chi connectivity index (χ4v) is 4.57. The van der Waals surface area contributed by atoms with Gasteiger partial charge in [0.05, 0.1) is 19.1 Å². The van der Waals surface area contributed by atoms with Gasteiger partial charge in [-0.3, -0.25) is 13.9 Å². The monoisotopic (exact) mass is 397 g/mol. The van der Waals surface area contributed by atoms with Crippen LogP contribution in [0, 0.1) is 5.92 Å². The first-order valence-electron chi connectivity index (χ1n) is 8.90. The van der Waals surface area contributed by atoms with Crippen molar-refractivity contribution in [1.82, 2.24) is 4.90 Å². The number of nitrogens with two attached hydrogens (primary N) is 1. The molecule has 0 bridgehead atoms. The second-order valence-corrected chi connectivity index (χ2v) is 8.54. The Bertz CT molecular complexity index is 771. The van der Waals surface area contributed by atoms with Crippen molar-refractivity contribution in [1.29, 1.82) is 0 Å². The Morgan fingerprint density at radius 2 is 1.81 bits per heavy atom. The van der Waals surface area contributed by atoms with Crippen LogP contribution in [0.3, 0.4) is 0 Å². The van der Waals surface area contributed by atoms with Gasteiger partial charge in [0, 0.05) is 19.0 Å². The number of rotatable bonds is 7. The van der Waals surface area contributed by atoms with E-state index < -0.39 is 16.1 Å². The highest BCUT2D eigenvalue weighted by Gasteiger charge is 2.36. The minimum absolute atomic E-state index is 0.235. The number of ether oxygens (including phenoxy) is 1. The molecule has 1 atom stereocenters. The number of methoxy groups -OCH3 is 1. The van der Waals surface area contributed by atoms with Crippen molar-refractivity contribution in [2.24, 2.45) is 11.7 Å². The van der Waals surface area contributed by atoms with Gasteiger partial charge in [-0.05, 0) is 43.5 Å². The number of nitrogens with zero attached hydrogens (tertiary/aromatic N) is 2. The van der Waals surface area contributed by atoms with E-state index >= 15 is 0 Å². The summed E-state index contributed by atoms with van der Waals surface area (Å²) in [5.74, 6) is -0.256. The third-order valence-electron chi connectivity index (χ3n) is 4.85. The summed E-state index contributed by atoms with van der Waals surface area (Å²) < 4.78 is 31.2. The van der Waals surface area contributed by atoms with Crippen LogP contribution in [0.25, 0.3) is 0 Å². The maximum atomic E-state index is 13.1. The van der Waals surface area contributed by atoms with Gasteiger partial charge >= 0.3 is 0 Å². The average Bonchev–Trinajstić information content (AvgIpc) is 2.64. The highest BCUT2D eigenvalue weighted by molar-refractivity contribution is 7.92. The van der Waals surface area contributed by atoms with Crippen molar-refractivity contribution in [2.75, 3.05) is 30.8 Å². The molecule has 0 aromatic heterocycles. The number of sulfonamides is 1. The molecule has 0 radical (unpaired) electrons. The van der Waals surface area contributed by atoms with Crippen LogP contribution >= 0.6 is 0 Å². The molecule has 1 aliphatic rings. The second-order valence-electron chi connectivity index (χ2n) is 6.68. The van der Waals surface area contributed by atoms with Crippen LogP contribution in [0.5, 0.6) is 5.75 Å². The molecule has 9 heteroatoms. The lowest BCUT2D eigenvalue weighted by molar-refractivity contribution is -0.135. The summed E-state index contributed by atoms with van der Waals surface area (Å²) in [6.07, 6.45) is 2.41. The zero-order chi connectivity index (χ0) is 20.2. The predicted molar refractivity (Wildman–Crippen MR) is 103 cm³/mol. The van der Waals surface area contributed by atoms with Crippen LogP contribution in [0.1, 0.15) is 26.2 Å². The molecule has 150 valence electrons. The summed E-state index contributed by atoms with van der Waals surface area (Å²) >= 11 is 0. The SMILES string of the molecule is CCC(C(=O)N1CCC(C(N)=O)CC1)N(c1ccc(OC)cc1)S(C)(=O)=O. The van der Waals surface area contributed by atoms with Crippen LogP contribution in [0.4, 0.5) is 5.69 Å². The van der Waals surface area contributed by atoms with Crippen LogP contribution in [0.15, 0.2) is 24.3 Å². The Balaban J connectivity index is 2.27. The summed E-state index contributed by atoms with van der Waals surface area (Å²) in [4.78, 5) is 26.0. The standard InChI is InChI=1S/C18H27N3O5S/c1-4-16(18(23)20-11-9-13(10-12-20)17(19)22)21(27(3,24)25)14-5-7-15(26-2)8-6-14/h5-8,13,16H,4,9-12H2,1-3H3,(H2,19,22). The molecule has 2 N–H and O–H groups in total. The third-order valence-corrected chi connectivity index (χ3v) is 6.03. The number of carbonyl (C=O) groups excluding carboxylic acids is 2. The quantitative estimate of drug-likeness (QED) is 0.737. The third kappa shape index (κ3) is 4.91. The number of hydrogen-bond acceptors (Lipinski definition) is 5. The van der Waals surface area contributed by atoms with E-state index in [4.69, 9.17) is 10.5 Å². The van der Waals surface area contributed by atoms with E-state index in [0.717, 1.165) is 10.6 Å². The lowest BCUT2D eigenvalue weighted by Gasteiger charge is -2.37. The number of amides is 2. The normalized spacial score (nSPS) is 16.6. The largest absolute Gasteiger partial charge is 0.497 e. The molecule has 1 aromatic rings. The van der Waals surface area contributed by atoms with Crippen LogP contribution in [-0.4, -0.2) is 57.6 Å². The number of piperidine rings is 1. The van der Waals surface area contributed by atoms with E-state index in [2.05, 4.69) is 0 Å². The zero-order valence-electron chi connectivity index (χ0n) is 15.9. The van der Waals surface area contributed by atoms with E-state index in [1.165, 1.54) is 7.11 Å². The highest BCUT2D eigenvalue weighted by atomic mass is 32.2. The first-order chi connectivity index (χ1) is 12.7. The van der Waals surface area contributed by atoms with E-state index in [-0.39, 0.29) is 17.7 Å². The van der Waals surface area contributed by atoms with E-state index in [0.29, 0.717) is 43.8 Å². The fraction of sp³-hybridized carbons (Fsp3) is 0.556. The number of carbonyl (C=O) groups is 2. The zero-order valence-corrected chi connectivity index (χ0v) is 16.7. The molecule has 2 amide bonds. The first-order valence-corrected chi connectivity index (χ1v) is 10.8. The lowest BCUT2D eigenvalue weighted by Crippen LogP contribution is -2.53. The van der Waals surface area contributed by atoms with Crippen molar-refractivity contribution in [2.45, 2.75) is 32.2 Å². The maximum Gasteiger partial charge on any atom is 0.246 e.